The van der Waals surface area contributed by atoms with Gasteiger partial charge in [0.1, 0.15) is 11.4 Å². The summed E-state index contributed by atoms with van der Waals surface area (Å²) in [7, 11) is 0. The number of nitrogens with zero attached hydrogens (tertiary/aromatic N) is 2. The molecule has 0 amide bonds. The monoisotopic (exact) mass is 380 g/mol. The Hall–Kier alpha value is -2.16. The fraction of sp³-hybridized carbons (Fsp3) is 0.520. The van der Waals surface area contributed by atoms with Gasteiger partial charge in [-0.15, -0.1) is 5.11 Å². The maximum atomic E-state index is 5.98. The topological polar surface area (TPSA) is 34.0 Å². The largest absolute Gasteiger partial charge is 0.491 e. The van der Waals surface area contributed by atoms with Crippen molar-refractivity contribution in [3.63, 3.8) is 0 Å². The van der Waals surface area contributed by atoms with E-state index >= 15 is 0 Å². The van der Waals surface area contributed by atoms with E-state index in [2.05, 4.69) is 36.2 Å². The van der Waals surface area contributed by atoms with Gasteiger partial charge in [0.2, 0.25) is 0 Å². The van der Waals surface area contributed by atoms with Crippen LogP contribution >= 0.6 is 0 Å². The number of para-hydroxylation sites is 1. The van der Waals surface area contributed by atoms with Gasteiger partial charge in [-0.3, -0.25) is 0 Å². The van der Waals surface area contributed by atoms with Crippen LogP contribution in [0.25, 0.3) is 0 Å². The van der Waals surface area contributed by atoms with E-state index in [1.54, 1.807) is 0 Å². The van der Waals surface area contributed by atoms with Crippen LogP contribution in [0.4, 0.5) is 11.4 Å². The zero-order valence-electron chi connectivity index (χ0n) is 17.7. The number of ether oxygens (including phenoxy) is 1. The Labute approximate surface area is 171 Å². The minimum Gasteiger partial charge on any atom is -0.491 e. The van der Waals surface area contributed by atoms with Crippen molar-refractivity contribution in [1.29, 1.82) is 0 Å². The molecule has 0 atom stereocenters. The molecule has 3 nitrogen and oxygen atoms in total. The molecule has 0 aliphatic heterocycles. The van der Waals surface area contributed by atoms with Crippen LogP contribution in [0.15, 0.2) is 58.8 Å². The van der Waals surface area contributed by atoms with E-state index in [9.17, 15) is 0 Å². The molecule has 0 saturated carbocycles. The number of unbranched alkanes of at least 4 members (excludes halogenated alkanes) is 8. The van der Waals surface area contributed by atoms with Gasteiger partial charge in [-0.05, 0) is 42.7 Å². The highest BCUT2D eigenvalue weighted by molar-refractivity contribution is 5.51. The summed E-state index contributed by atoms with van der Waals surface area (Å²) in [6.07, 6.45) is 12.9. The molecule has 0 spiro atoms. The Balaban J connectivity index is 1.72. The normalized spacial score (nSPS) is 11.2. The molecule has 28 heavy (non-hydrogen) atoms. The molecule has 0 saturated heterocycles. The summed E-state index contributed by atoms with van der Waals surface area (Å²) < 4.78 is 5.98. The van der Waals surface area contributed by atoms with Crippen LogP contribution in [0.3, 0.4) is 0 Å². The molecule has 0 aliphatic carbocycles. The second-order valence-electron chi connectivity index (χ2n) is 7.37. The molecule has 152 valence electrons. The summed E-state index contributed by atoms with van der Waals surface area (Å²) >= 11 is 0. The third kappa shape index (κ3) is 8.69. The minimum absolute atomic E-state index is 0.744. The zero-order chi connectivity index (χ0) is 19.9. The Morgan fingerprint density at radius 1 is 0.714 bits per heavy atom. The van der Waals surface area contributed by atoms with Crippen LogP contribution in [-0.4, -0.2) is 6.61 Å². The van der Waals surface area contributed by atoms with Crippen molar-refractivity contribution in [2.75, 3.05) is 6.61 Å². The Morgan fingerprint density at radius 3 is 2.18 bits per heavy atom. The van der Waals surface area contributed by atoms with E-state index in [4.69, 9.17) is 4.74 Å². The zero-order valence-corrected chi connectivity index (χ0v) is 17.7. The standard InChI is InChI=1S/C25H36N2O/c1-3-5-6-7-8-9-10-11-14-20-28-25-19-13-12-18-24(25)27-26-23-17-15-16-22(4-2)21-23/h12-13,15-19,21H,3-11,14,20H2,1-2H3. The van der Waals surface area contributed by atoms with E-state index in [-0.39, 0.29) is 0 Å². The number of aryl methyl sites for hydroxylation is 1. The second-order valence-corrected chi connectivity index (χ2v) is 7.37. The Bertz CT molecular complexity index is 696. The highest BCUT2D eigenvalue weighted by Crippen LogP contribution is 2.29. The first-order valence-corrected chi connectivity index (χ1v) is 11.1. The lowest BCUT2D eigenvalue weighted by Gasteiger charge is -2.08. The first-order valence-electron chi connectivity index (χ1n) is 11.1. The maximum Gasteiger partial charge on any atom is 0.146 e. The minimum atomic E-state index is 0.744. The average Bonchev–Trinajstić information content (AvgIpc) is 2.74. The molecule has 0 aliphatic rings. The molecular formula is C25H36N2O. The summed E-state index contributed by atoms with van der Waals surface area (Å²) in [6.45, 7) is 5.16. The molecule has 2 rings (SSSR count). The van der Waals surface area contributed by atoms with Crippen LogP contribution in [0, 0.1) is 0 Å². The SMILES string of the molecule is CCCCCCCCCCCOc1ccccc1N=Nc1cccc(CC)c1. The molecule has 0 unspecified atom stereocenters. The van der Waals surface area contributed by atoms with E-state index in [0.717, 1.165) is 36.6 Å². The summed E-state index contributed by atoms with van der Waals surface area (Å²) in [5.74, 6) is 0.817. The van der Waals surface area contributed by atoms with Gasteiger partial charge >= 0.3 is 0 Å². The summed E-state index contributed by atoms with van der Waals surface area (Å²) in [6, 6.07) is 16.1. The van der Waals surface area contributed by atoms with Crippen molar-refractivity contribution in [1.82, 2.24) is 0 Å². The molecule has 0 fully saturated rings. The summed E-state index contributed by atoms with van der Waals surface area (Å²) in [4.78, 5) is 0. The lowest BCUT2D eigenvalue weighted by Crippen LogP contribution is -1.97. The lowest BCUT2D eigenvalue weighted by molar-refractivity contribution is 0.305. The molecule has 0 radical (unpaired) electrons. The van der Waals surface area contributed by atoms with Crippen LogP contribution in [0.1, 0.15) is 77.2 Å². The van der Waals surface area contributed by atoms with Gasteiger partial charge in [-0.1, -0.05) is 89.5 Å². The van der Waals surface area contributed by atoms with Crippen LogP contribution in [0.2, 0.25) is 0 Å². The fourth-order valence-corrected chi connectivity index (χ4v) is 3.21. The number of azo groups is 1. The van der Waals surface area contributed by atoms with Crippen LogP contribution in [0.5, 0.6) is 5.75 Å². The van der Waals surface area contributed by atoms with Gasteiger partial charge in [0.05, 0.1) is 12.3 Å². The number of hydrogen-bond acceptors (Lipinski definition) is 3. The van der Waals surface area contributed by atoms with Gasteiger partial charge in [-0.25, -0.2) is 0 Å². The van der Waals surface area contributed by atoms with Crippen molar-refractivity contribution >= 4 is 11.4 Å². The second kappa shape index (κ2) is 13.9. The lowest BCUT2D eigenvalue weighted by atomic mass is 10.1. The molecule has 0 N–H and O–H groups in total. The predicted octanol–water partition coefficient (Wildman–Crippen LogP) is 8.57. The van der Waals surface area contributed by atoms with E-state index in [1.165, 1.54) is 56.9 Å². The number of benzene rings is 2. The molecule has 2 aromatic rings. The van der Waals surface area contributed by atoms with E-state index < -0.39 is 0 Å². The van der Waals surface area contributed by atoms with Crippen molar-refractivity contribution < 1.29 is 4.74 Å². The summed E-state index contributed by atoms with van der Waals surface area (Å²) in [5, 5.41) is 8.81. The first-order chi connectivity index (χ1) is 13.8. The Kier molecular flexibility index (Phi) is 11.0. The summed E-state index contributed by atoms with van der Waals surface area (Å²) in [5.41, 5.74) is 2.94. The van der Waals surface area contributed by atoms with Gasteiger partial charge in [-0.2, -0.15) is 5.11 Å². The molecular weight excluding hydrogens is 344 g/mol. The van der Waals surface area contributed by atoms with Crippen molar-refractivity contribution in [3.05, 3.63) is 54.1 Å². The highest BCUT2D eigenvalue weighted by Gasteiger charge is 2.02. The van der Waals surface area contributed by atoms with Crippen LogP contribution < -0.4 is 4.74 Å². The smallest absolute Gasteiger partial charge is 0.146 e. The third-order valence-corrected chi connectivity index (χ3v) is 4.96. The highest BCUT2D eigenvalue weighted by atomic mass is 16.5. The predicted molar refractivity (Wildman–Crippen MR) is 119 cm³/mol. The van der Waals surface area contributed by atoms with E-state index in [1.807, 2.05) is 36.4 Å². The van der Waals surface area contributed by atoms with Gasteiger partial charge < -0.3 is 4.74 Å². The molecule has 0 bridgehead atoms. The number of hydrogen-bond donors (Lipinski definition) is 0. The van der Waals surface area contributed by atoms with E-state index in [0.29, 0.717) is 0 Å². The molecule has 0 aromatic heterocycles. The van der Waals surface area contributed by atoms with Gasteiger partial charge in [0.15, 0.2) is 0 Å². The fourth-order valence-electron chi connectivity index (χ4n) is 3.21. The van der Waals surface area contributed by atoms with Crippen LogP contribution in [-0.2, 0) is 6.42 Å². The number of rotatable bonds is 14. The molecule has 3 heteroatoms. The maximum absolute atomic E-state index is 5.98. The van der Waals surface area contributed by atoms with Crippen molar-refractivity contribution in [3.8, 4) is 5.75 Å². The van der Waals surface area contributed by atoms with Gasteiger partial charge in [0, 0.05) is 0 Å². The third-order valence-electron chi connectivity index (χ3n) is 4.96. The quantitative estimate of drug-likeness (QED) is 0.239. The molecule has 2 aromatic carbocycles. The average molecular weight is 381 g/mol. The van der Waals surface area contributed by atoms with Crippen molar-refractivity contribution in [2.24, 2.45) is 10.2 Å². The Morgan fingerprint density at radius 2 is 1.43 bits per heavy atom. The molecule has 0 heterocycles. The van der Waals surface area contributed by atoms with Gasteiger partial charge in [0.25, 0.3) is 0 Å². The first kappa shape index (κ1) is 22.1. The van der Waals surface area contributed by atoms with Crippen molar-refractivity contribution in [2.45, 2.75) is 78.1 Å².